The average Bonchev–Trinajstić information content (AvgIpc) is 3.03. The number of aromatic carboxylic acids is 1. The lowest BCUT2D eigenvalue weighted by Gasteiger charge is -2.07. The number of allylic oxidation sites excluding steroid dienone is 2. The van der Waals surface area contributed by atoms with Crippen molar-refractivity contribution in [1.82, 2.24) is 0 Å². The lowest BCUT2D eigenvalue weighted by atomic mass is 10.0. The van der Waals surface area contributed by atoms with E-state index in [-0.39, 0.29) is 39.5 Å². The number of ether oxygens (including phenoxy) is 1. The number of esters is 1. The fourth-order valence-electron chi connectivity index (χ4n) is 3.48. The average molecular weight is 568 g/mol. The number of phenolic OH excluding ortho intramolecular Hbond substituents is 1. The lowest BCUT2D eigenvalue weighted by Crippen LogP contribution is -2.09. The SMILES string of the molecule is N#CC(C#N)=C(C#N)c1ccc(N=Nc2ccc(N=Nc3ccc(O)cc3OC(=O)c3ccc(C(=O)O)cc3)cc2)cc1. The van der Waals surface area contributed by atoms with Crippen LogP contribution < -0.4 is 4.74 Å². The third-order valence-corrected chi connectivity index (χ3v) is 5.66. The van der Waals surface area contributed by atoms with Crippen LogP contribution in [-0.2, 0) is 0 Å². The van der Waals surface area contributed by atoms with Crippen LogP contribution in [0.1, 0.15) is 26.3 Å². The number of carbonyl (C=O) groups excluding carboxylic acids is 1. The number of carboxylic acid groups (broad SMARTS) is 1. The van der Waals surface area contributed by atoms with Crippen LogP contribution >= 0.6 is 0 Å². The zero-order valence-corrected chi connectivity index (χ0v) is 21.9. The van der Waals surface area contributed by atoms with E-state index in [0.717, 1.165) is 0 Å². The molecular formula is C31H17N7O5. The molecule has 206 valence electrons. The fraction of sp³-hybridized carbons (Fsp3) is 0. The molecule has 0 radical (unpaired) electrons. The third-order valence-electron chi connectivity index (χ3n) is 5.66. The summed E-state index contributed by atoms with van der Waals surface area (Å²) >= 11 is 0. The van der Waals surface area contributed by atoms with Gasteiger partial charge in [-0.2, -0.15) is 31.1 Å². The second-order valence-electron chi connectivity index (χ2n) is 8.47. The Hall–Kier alpha value is -6.97. The van der Waals surface area contributed by atoms with Gasteiger partial charge in [0.25, 0.3) is 0 Å². The Morgan fingerprint density at radius 3 is 1.63 bits per heavy atom. The van der Waals surface area contributed by atoms with Gasteiger partial charge in [-0.1, -0.05) is 12.1 Å². The van der Waals surface area contributed by atoms with Crippen molar-refractivity contribution in [2.75, 3.05) is 0 Å². The first-order valence-electron chi connectivity index (χ1n) is 12.2. The minimum Gasteiger partial charge on any atom is -0.508 e. The molecule has 0 spiro atoms. The highest BCUT2D eigenvalue weighted by Crippen LogP contribution is 2.33. The summed E-state index contributed by atoms with van der Waals surface area (Å²) in [5.41, 5.74) is 1.82. The highest BCUT2D eigenvalue weighted by atomic mass is 16.5. The number of phenols is 1. The Labute approximate surface area is 244 Å². The number of aromatic hydroxyl groups is 1. The quantitative estimate of drug-likeness (QED) is 0.0942. The van der Waals surface area contributed by atoms with E-state index >= 15 is 0 Å². The summed E-state index contributed by atoms with van der Waals surface area (Å²) in [4.78, 5) is 23.6. The maximum Gasteiger partial charge on any atom is 0.343 e. The van der Waals surface area contributed by atoms with Gasteiger partial charge in [0.15, 0.2) is 5.75 Å². The molecule has 2 N–H and O–H groups in total. The van der Waals surface area contributed by atoms with Crippen molar-refractivity contribution in [3.8, 4) is 29.7 Å². The largest absolute Gasteiger partial charge is 0.508 e. The van der Waals surface area contributed by atoms with Crippen molar-refractivity contribution in [1.29, 1.82) is 15.8 Å². The second-order valence-corrected chi connectivity index (χ2v) is 8.47. The monoisotopic (exact) mass is 567 g/mol. The third kappa shape index (κ3) is 7.37. The minimum atomic E-state index is -1.13. The van der Waals surface area contributed by atoms with Crippen LogP contribution in [0.2, 0.25) is 0 Å². The Morgan fingerprint density at radius 1 is 0.628 bits per heavy atom. The number of hydrogen-bond acceptors (Lipinski definition) is 11. The highest BCUT2D eigenvalue weighted by molar-refractivity contribution is 5.94. The zero-order valence-electron chi connectivity index (χ0n) is 21.9. The van der Waals surface area contributed by atoms with Crippen LogP contribution in [0.15, 0.2) is 117 Å². The number of nitrogens with zero attached hydrogens (tertiary/aromatic N) is 7. The molecule has 0 aliphatic carbocycles. The molecule has 0 saturated carbocycles. The molecule has 0 aliphatic heterocycles. The number of nitriles is 3. The summed E-state index contributed by atoms with van der Waals surface area (Å²) in [6, 6.07) is 27.3. The maximum absolute atomic E-state index is 12.6. The summed E-state index contributed by atoms with van der Waals surface area (Å²) in [6.45, 7) is 0. The molecule has 4 aromatic carbocycles. The normalized spacial score (nSPS) is 10.4. The number of hydrogen-bond donors (Lipinski definition) is 2. The minimum absolute atomic E-state index is 0.0153. The van der Waals surface area contributed by atoms with Crippen LogP contribution in [0.3, 0.4) is 0 Å². The van der Waals surface area contributed by atoms with E-state index in [4.69, 9.17) is 20.4 Å². The molecule has 0 amide bonds. The molecule has 0 bridgehead atoms. The fourth-order valence-corrected chi connectivity index (χ4v) is 3.48. The summed E-state index contributed by atoms with van der Waals surface area (Å²) in [5, 5.41) is 62.7. The Balaban J connectivity index is 1.44. The number of rotatable bonds is 8. The van der Waals surface area contributed by atoms with Gasteiger partial charge in [-0.25, -0.2) is 9.59 Å². The standard InChI is InChI=1S/C31H17N7O5/c32-16-22(17-33)27(18-34)19-5-7-23(8-6-19)35-36-24-9-11-25(12-10-24)37-38-28-14-13-26(39)15-29(28)43-31(42)21-3-1-20(2-4-21)30(40)41/h1-15,39H,(H,40,41). The second kappa shape index (κ2) is 13.4. The molecule has 43 heavy (non-hydrogen) atoms. The van der Waals surface area contributed by atoms with Gasteiger partial charge in [0.1, 0.15) is 35.2 Å². The summed E-state index contributed by atoms with van der Waals surface area (Å²) in [7, 11) is 0. The molecule has 4 aromatic rings. The van der Waals surface area contributed by atoms with Gasteiger partial charge in [0.05, 0.1) is 33.8 Å². The molecule has 0 aromatic heterocycles. The molecule has 0 fully saturated rings. The number of carboxylic acids is 1. The summed E-state index contributed by atoms with van der Waals surface area (Å²) in [6.07, 6.45) is 0. The van der Waals surface area contributed by atoms with Crippen molar-refractivity contribution in [2.24, 2.45) is 20.5 Å². The van der Waals surface area contributed by atoms with Crippen LogP contribution in [-0.4, -0.2) is 22.2 Å². The molecule has 4 rings (SSSR count). The zero-order chi connectivity index (χ0) is 30.8. The first kappa shape index (κ1) is 29.0. The van der Waals surface area contributed by atoms with Crippen LogP contribution in [0, 0.1) is 34.0 Å². The number of azo groups is 2. The van der Waals surface area contributed by atoms with Gasteiger partial charge in [-0.15, -0.1) is 5.11 Å². The summed E-state index contributed by atoms with van der Waals surface area (Å²) < 4.78 is 5.37. The maximum atomic E-state index is 12.6. The summed E-state index contributed by atoms with van der Waals surface area (Å²) in [5.74, 6) is -2.13. The van der Waals surface area contributed by atoms with Gasteiger partial charge in [0, 0.05) is 6.07 Å². The van der Waals surface area contributed by atoms with Crippen LogP contribution in [0.4, 0.5) is 22.7 Å². The van der Waals surface area contributed by atoms with Crippen molar-refractivity contribution in [3.05, 3.63) is 113 Å². The Kier molecular flexibility index (Phi) is 9.04. The highest BCUT2D eigenvalue weighted by Gasteiger charge is 2.14. The predicted molar refractivity (Wildman–Crippen MR) is 151 cm³/mol. The first-order chi connectivity index (χ1) is 20.8. The lowest BCUT2D eigenvalue weighted by molar-refractivity contribution is 0.0691. The van der Waals surface area contributed by atoms with Crippen molar-refractivity contribution in [2.45, 2.75) is 0 Å². The number of benzene rings is 4. The molecule has 12 heteroatoms. The van der Waals surface area contributed by atoms with E-state index in [1.54, 1.807) is 60.7 Å². The molecular weight excluding hydrogens is 550 g/mol. The molecule has 12 nitrogen and oxygen atoms in total. The van der Waals surface area contributed by atoms with Crippen LogP contribution in [0.25, 0.3) is 5.57 Å². The van der Waals surface area contributed by atoms with E-state index < -0.39 is 11.9 Å². The van der Waals surface area contributed by atoms with Crippen LogP contribution in [0.5, 0.6) is 11.5 Å². The van der Waals surface area contributed by atoms with E-state index in [0.29, 0.717) is 22.6 Å². The van der Waals surface area contributed by atoms with Crippen molar-refractivity contribution in [3.63, 3.8) is 0 Å². The van der Waals surface area contributed by atoms with E-state index in [1.165, 1.54) is 42.5 Å². The van der Waals surface area contributed by atoms with Gasteiger partial charge >= 0.3 is 11.9 Å². The van der Waals surface area contributed by atoms with Gasteiger partial charge in [0.2, 0.25) is 0 Å². The topological polar surface area (TPSA) is 205 Å². The van der Waals surface area contributed by atoms with Crippen molar-refractivity contribution < 1.29 is 24.5 Å². The van der Waals surface area contributed by atoms with Gasteiger partial charge in [-0.05, 0) is 78.4 Å². The van der Waals surface area contributed by atoms with Gasteiger partial charge in [-0.3, -0.25) is 0 Å². The molecule has 0 aliphatic rings. The Bertz CT molecular complexity index is 1890. The molecule has 0 atom stereocenters. The molecule has 0 heterocycles. The smallest absolute Gasteiger partial charge is 0.343 e. The Morgan fingerprint density at radius 2 is 1.12 bits per heavy atom. The number of carbonyl (C=O) groups is 2. The van der Waals surface area contributed by atoms with E-state index in [9.17, 15) is 20.0 Å². The van der Waals surface area contributed by atoms with E-state index in [2.05, 4.69) is 20.5 Å². The first-order valence-corrected chi connectivity index (χ1v) is 12.2. The van der Waals surface area contributed by atoms with E-state index in [1.807, 2.05) is 6.07 Å². The van der Waals surface area contributed by atoms with Gasteiger partial charge < -0.3 is 14.9 Å². The molecule has 0 unspecified atom stereocenters. The predicted octanol–water partition coefficient (Wildman–Crippen LogP) is 7.46. The molecule has 0 saturated heterocycles. The van der Waals surface area contributed by atoms with Crippen molar-refractivity contribution >= 4 is 40.3 Å².